The SMILES string of the molecule is C=CCn1cc(CN)ccc1=O. The van der Waals surface area contributed by atoms with Gasteiger partial charge >= 0.3 is 0 Å². The van der Waals surface area contributed by atoms with Crippen LogP contribution in [0.25, 0.3) is 0 Å². The van der Waals surface area contributed by atoms with Gasteiger partial charge in [-0.1, -0.05) is 12.1 Å². The molecule has 1 aromatic rings. The van der Waals surface area contributed by atoms with Crippen molar-refractivity contribution in [3.8, 4) is 0 Å². The summed E-state index contributed by atoms with van der Waals surface area (Å²) < 4.78 is 1.58. The number of aromatic nitrogens is 1. The van der Waals surface area contributed by atoms with Gasteiger partial charge in [-0.2, -0.15) is 0 Å². The van der Waals surface area contributed by atoms with Gasteiger partial charge in [0.05, 0.1) is 0 Å². The highest BCUT2D eigenvalue weighted by atomic mass is 16.1. The van der Waals surface area contributed by atoms with Gasteiger partial charge in [0.25, 0.3) is 5.56 Å². The van der Waals surface area contributed by atoms with Crippen molar-refractivity contribution >= 4 is 0 Å². The summed E-state index contributed by atoms with van der Waals surface area (Å²) in [6.45, 7) is 4.55. The van der Waals surface area contributed by atoms with Gasteiger partial charge in [0.2, 0.25) is 0 Å². The smallest absolute Gasteiger partial charge is 0.250 e. The third-order valence-electron chi connectivity index (χ3n) is 1.61. The van der Waals surface area contributed by atoms with E-state index in [1.807, 2.05) is 0 Å². The van der Waals surface area contributed by atoms with Crippen molar-refractivity contribution in [2.24, 2.45) is 5.73 Å². The highest BCUT2D eigenvalue weighted by Crippen LogP contribution is 1.93. The predicted octanol–water partition coefficient (Wildman–Crippen LogP) is 0.493. The predicted molar refractivity (Wildman–Crippen MR) is 48.8 cm³/mol. The van der Waals surface area contributed by atoms with Crippen molar-refractivity contribution in [3.63, 3.8) is 0 Å². The van der Waals surface area contributed by atoms with E-state index >= 15 is 0 Å². The number of nitrogens with two attached hydrogens (primary N) is 1. The van der Waals surface area contributed by atoms with E-state index in [1.165, 1.54) is 6.07 Å². The van der Waals surface area contributed by atoms with Gasteiger partial charge in [-0.3, -0.25) is 4.79 Å². The van der Waals surface area contributed by atoms with Gasteiger partial charge in [0.15, 0.2) is 0 Å². The summed E-state index contributed by atoms with van der Waals surface area (Å²) in [4.78, 5) is 11.2. The van der Waals surface area contributed by atoms with Crippen molar-refractivity contribution in [2.45, 2.75) is 13.1 Å². The highest BCUT2D eigenvalue weighted by Gasteiger charge is 1.94. The van der Waals surface area contributed by atoms with Crippen molar-refractivity contribution in [2.75, 3.05) is 0 Å². The average molecular weight is 164 g/mol. The van der Waals surface area contributed by atoms with Crippen molar-refractivity contribution < 1.29 is 0 Å². The molecule has 0 aliphatic heterocycles. The number of hydrogen-bond acceptors (Lipinski definition) is 2. The van der Waals surface area contributed by atoms with Crippen molar-refractivity contribution in [1.29, 1.82) is 0 Å². The number of allylic oxidation sites excluding steroid dienone is 1. The molecule has 0 saturated heterocycles. The summed E-state index contributed by atoms with van der Waals surface area (Å²) in [5.74, 6) is 0. The minimum atomic E-state index is -0.0212. The lowest BCUT2D eigenvalue weighted by atomic mass is 10.3. The van der Waals surface area contributed by atoms with Gasteiger partial charge in [-0.25, -0.2) is 0 Å². The van der Waals surface area contributed by atoms with Crippen LogP contribution in [0.4, 0.5) is 0 Å². The summed E-state index contributed by atoms with van der Waals surface area (Å²) >= 11 is 0. The second-order valence-electron chi connectivity index (χ2n) is 2.52. The molecule has 1 rings (SSSR count). The molecule has 0 spiro atoms. The summed E-state index contributed by atoms with van der Waals surface area (Å²) in [5.41, 5.74) is 6.36. The molecule has 1 aromatic heterocycles. The first-order valence-corrected chi connectivity index (χ1v) is 3.78. The molecule has 12 heavy (non-hydrogen) atoms. The summed E-state index contributed by atoms with van der Waals surface area (Å²) in [5, 5.41) is 0. The van der Waals surface area contributed by atoms with Gasteiger partial charge in [0.1, 0.15) is 0 Å². The maximum Gasteiger partial charge on any atom is 0.250 e. The van der Waals surface area contributed by atoms with Crippen LogP contribution in [0.5, 0.6) is 0 Å². The van der Waals surface area contributed by atoms with E-state index in [4.69, 9.17) is 5.73 Å². The van der Waals surface area contributed by atoms with E-state index in [2.05, 4.69) is 6.58 Å². The molecule has 0 aliphatic carbocycles. The largest absolute Gasteiger partial charge is 0.326 e. The highest BCUT2D eigenvalue weighted by molar-refractivity contribution is 5.09. The first-order chi connectivity index (χ1) is 5.77. The fourth-order valence-electron chi connectivity index (χ4n) is 0.983. The van der Waals surface area contributed by atoms with Crippen LogP contribution < -0.4 is 11.3 Å². The lowest BCUT2D eigenvalue weighted by Crippen LogP contribution is -2.18. The Bertz CT molecular complexity index is 328. The Morgan fingerprint density at radius 2 is 2.33 bits per heavy atom. The number of nitrogens with zero attached hydrogens (tertiary/aromatic N) is 1. The number of rotatable bonds is 3. The zero-order chi connectivity index (χ0) is 8.97. The van der Waals surface area contributed by atoms with Crippen LogP contribution in [0.3, 0.4) is 0 Å². The van der Waals surface area contributed by atoms with Crippen LogP contribution in [-0.2, 0) is 13.1 Å². The van der Waals surface area contributed by atoms with E-state index in [1.54, 1.807) is 22.9 Å². The van der Waals surface area contributed by atoms with E-state index in [9.17, 15) is 4.79 Å². The van der Waals surface area contributed by atoms with Crippen LogP contribution in [0.1, 0.15) is 5.56 Å². The molecule has 1 heterocycles. The summed E-state index contributed by atoms with van der Waals surface area (Å²) in [6.07, 6.45) is 3.44. The Labute approximate surface area is 71.1 Å². The topological polar surface area (TPSA) is 48.0 Å². The minimum Gasteiger partial charge on any atom is -0.326 e. The quantitative estimate of drug-likeness (QED) is 0.661. The number of pyridine rings is 1. The normalized spacial score (nSPS) is 9.75. The van der Waals surface area contributed by atoms with Crippen molar-refractivity contribution in [1.82, 2.24) is 4.57 Å². The molecular weight excluding hydrogens is 152 g/mol. The molecule has 3 heteroatoms. The van der Waals surface area contributed by atoms with E-state index < -0.39 is 0 Å². The van der Waals surface area contributed by atoms with Gasteiger partial charge in [0, 0.05) is 25.4 Å². The molecule has 0 fully saturated rings. The Morgan fingerprint density at radius 3 is 2.92 bits per heavy atom. The third-order valence-corrected chi connectivity index (χ3v) is 1.61. The molecule has 0 atom stereocenters. The molecule has 0 bridgehead atoms. The lowest BCUT2D eigenvalue weighted by Gasteiger charge is -2.02. The van der Waals surface area contributed by atoms with E-state index in [0.29, 0.717) is 13.1 Å². The molecule has 0 radical (unpaired) electrons. The molecule has 2 N–H and O–H groups in total. The van der Waals surface area contributed by atoms with E-state index in [-0.39, 0.29) is 5.56 Å². The van der Waals surface area contributed by atoms with Crippen LogP contribution in [0, 0.1) is 0 Å². The first kappa shape index (κ1) is 8.74. The Balaban J connectivity index is 3.07. The molecule has 0 aromatic carbocycles. The van der Waals surface area contributed by atoms with Crippen molar-refractivity contribution in [3.05, 3.63) is 46.9 Å². The van der Waals surface area contributed by atoms with Crippen LogP contribution in [-0.4, -0.2) is 4.57 Å². The maximum atomic E-state index is 11.2. The van der Waals surface area contributed by atoms with E-state index in [0.717, 1.165) is 5.56 Å². The standard InChI is InChI=1S/C9H12N2O/c1-2-5-11-7-8(6-10)3-4-9(11)12/h2-4,7H,1,5-6,10H2. The lowest BCUT2D eigenvalue weighted by molar-refractivity contribution is 0.767. The third kappa shape index (κ3) is 1.83. The fourth-order valence-corrected chi connectivity index (χ4v) is 0.983. The zero-order valence-corrected chi connectivity index (χ0v) is 6.86. The molecular formula is C9H12N2O. The first-order valence-electron chi connectivity index (χ1n) is 3.78. The molecule has 3 nitrogen and oxygen atoms in total. The molecule has 0 unspecified atom stereocenters. The Hall–Kier alpha value is -1.35. The van der Waals surface area contributed by atoms with Gasteiger partial charge < -0.3 is 10.3 Å². The number of hydrogen-bond donors (Lipinski definition) is 1. The second-order valence-corrected chi connectivity index (χ2v) is 2.52. The van der Waals surface area contributed by atoms with Gasteiger partial charge in [-0.15, -0.1) is 6.58 Å². The molecule has 64 valence electrons. The maximum absolute atomic E-state index is 11.2. The van der Waals surface area contributed by atoms with Crippen LogP contribution in [0.2, 0.25) is 0 Å². The monoisotopic (exact) mass is 164 g/mol. The zero-order valence-electron chi connectivity index (χ0n) is 6.86. The van der Waals surface area contributed by atoms with Gasteiger partial charge in [-0.05, 0) is 5.56 Å². The second kappa shape index (κ2) is 3.88. The summed E-state index contributed by atoms with van der Waals surface area (Å²) in [6, 6.07) is 3.26. The average Bonchev–Trinajstić information content (AvgIpc) is 2.09. The molecule has 0 aliphatic rings. The van der Waals surface area contributed by atoms with Crippen LogP contribution >= 0.6 is 0 Å². The molecule has 0 amide bonds. The Kier molecular flexibility index (Phi) is 2.82. The molecule has 0 saturated carbocycles. The fraction of sp³-hybridized carbons (Fsp3) is 0.222. The van der Waals surface area contributed by atoms with Crippen LogP contribution in [0.15, 0.2) is 35.8 Å². The minimum absolute atomic E-state index is 0.0212. The summed E-state index contributed by atoms with van der Waals surface area (Å²) in [7, 11) is 0. The Morgan fingerprint density at radius 1 is 1.58 bits per heavy atom.